The zero-order chi connectivity index (χ0) is 20.8. The number of esters is 1. The number of nitrogens with zero attached hydrogens (tertiary/aromatic N) is 1. The second kappa shape index (κ2) is 15.3. The summed E-state index contributed by atoms with van der Waals surface area (Å²) in [7, 11) is -0.0576. The predicted molar refractivity (Wildman–Crippen MR) is 101 cm³/mol. The molecule has 3 atom stereocenters. The van der Waals surface area contributed by atoms with Crippen molar-refractivity contribution in [3.8, 4) is 0 Å². The van der Waals surface area contributed by atoms with Crippen LogP contribution in [0, 0.1) is 5.92 Å². The van der Waals surface area contributed by atoms with Crippen molar-refractivity contribution in [3.63, 3.8) is 0 Å². The van der Waals surface area contributed by atoms with Crippen molar-refractivity contribution in [2.24, 2.45) is 5.92 Å². The highest BCUT2D eigenvalue weighted by atomic mass is 32.2. The van der Waals surface area contributed by atoms with Crippen LogP contribution in [0.25, 0.3) is 0 Å². The van der Waals surface area contributed by atoms with E-state index in [-0.39, 0.29) is 18.3 Å². The summed E-state index contributed by atoms with van der Waals surface area (Å²) in [6.45, 7) is 12.5. The van der Waals surface area contributed by atoms with Gasteiger partial charge in [0.1, 0.15) is 12.1 Å². The van der Waals surface area contributed by atoms with Gasteiger partial charge in [-0.05, 0) is 33.4 Å². The molecule has 0 saturated carbocycles. The van der Waals surface area contributed by atoms with Crippen LogP contribution in [0.5, 0.6) is 0 Å². The maximum absolute atomic E-state index is 11.8. The van der Waals surface area contributed by atoms with Gasteiger partial charge in [0.25, 0.3) is 10.1 Å². The van der Waals surface area contributed by atoms with Crippen molar-refractivity contribution >= 4 is 21.9 Å². The van der Waals surface area contributed by atoms with Crippen molar-refractivity contribution < 1.29 is 26.9 Å². The average molecular weight is 384 g/mol. The molecule has 152 valence electrons. The molecular formula is C17H37NO6S. The number of Topliss-reactive ketones (excluding diaryl/α,β-unsaturated/α-hetero) is 1. The summed E-state index contributed by atoms with van der Waals surface area (Å²) in [4.78, 5) is 24.7. The Balaban J connectivity index is -0.00000112. The first-order valence-electron chi connectivity index (χ1n) is 8.64. The van der Waals surface area contributed by atoms with E-state index < -0.39 is 28.2 Å². The van der Waals surface area contributed by atoms with Crippen LogP contribution >= 0.6 is 0 Å². The smallest absolute Gasteiger partial charge is 0.302 e. The van der Waals surface area contributed by atoms with Gasteiger partial charge in [0, 0.05) is 6.92 Å². The van der Waals surface area contributed by atoms with Crippen LogP contribution in [-0.4, -0.2) is 64.2 Å². The Morgan fingerprint density at radius 1 is 1.04 bits per heavy atom. The fourth-order valence-corrected chi connectivity index (χ4v) is 2.52. The lowest BCUT2D eigenvalue weighted by molar-refractivity contribution is -0.155. The number of ketones is 1. The number of rotatable bonds is 9. The van der Waals surface area contributed by atoms with Gasteiger partial charge in [0.2, 0.25) is 0 Å². The summed E-state index contributed by atoms with van der Waals surface area (Å²) in [5.41, 5.74) is 0. The molecule has 0 aliphatic carbocycles. The first kappa shape index (κ1) is 28.8. The van der Waals surface area contributed by atoms with Gasteiger partial charge < -0.3 is 4.74 Å². The first-order valence-corrected chi connectivity index (χ1v) is 10.5. The maximum atomic E-state index is 11.8. The highest BCUT2D eigenvalue weighted by Crippen LogP contribution is 2.20. The molecule has 0 fully saturated rings. The molecule has 0 saturated heterocycles. The summed E-state index contributed by atoms with van der Waals surface area (Å²) < 4.78 is 31.8. The highest BCUT2D eigenvalue weighted by molar-refractivity contribution is 7.85. The third kappa shape index (κ3) is 15.0. The lowest BCUT2D eigenvalue weighted by Crippen LogP contribution is -2.49. The van der Waals surface area contributed by atoms with Gasteiger partial charge in [-0.1, -0.05) is 34.6 Å². The number of hydrogen-bond acceptors (Lipinski definition) is 7. The van der Waals surface area contributed by atoms with Crippen molar-refractivity contribution in [1.29, 1.82) is 0 Å². The van der Waals surface area contributed by atoms with Crippen molar-refractivity contribution in [3.05, 3.63) is 0 Å². The molecule has 8 heteroatoms. The van der Waals surface area contributed by atoms with E-state index in [1.807, 2.05) is 27.7 Å². The van der Waals surface area contributed by atoms with E-state index in [9.17, 15) is 18.0 Å². The third-order valence-electron chi connectivity index (χ3n) is 3.02. The first-order chi connectivity index (χ1) is 11.5. The summed E-state index contributed by atoms with van der Waals surface area (Å²) in [6.07, 6.45) is 0.667. The van der Waals surface area contributed by atoms with Crippen LogP contribution in [0.4, 0.5) is 0 Å². The molecule has 0 aliphatic rings. The van der Waals surface area contributed by atoms with Gasteiger partial charge in [0.15, 0.2) is 5.78 Å². The topological polar surface area (TPSA) is 90.0 Å². The largest absolute Gasteiger partial charge is 0.460 e. The van der Waals surface area contributed by atoms with Crippen LogP contribution in [-0.2, 0) is 28.6 Å². The molecular weight excluding hydrogens is 346 g/mol. The number of likely N-dealkylation sites (N-methyl/N-ethyl adjacent to an activating group) is 1. The molecule has 0 spiro atoms. The van der Waals surface area contributed by atoms with Gasteiger partial charge in [-0.3, -0.25) is 18.7 Å². The summed E-state index contributed by atoms with van der Waals surface area (Å²) in [6, 6.07) is -0.581. The van der Waals surface area contributed by atoms with Crippen LogP contribution in [0.1, 0.15) is 54.9 Å². The van der Waals surface area contributed by atoms with Crippen LogP contribution in [0.2, 0.25) is 0 Å². The molecule has 0 aromatic rings. The molecule has 0 bridgehead atoms. The minimum atomic E-state index is -3.51. The zero-order valence-corrected chi connectivity index (χ0v) is 18.3. The monoisotopic (exact) mass is 383 g/mol. The number of carbonyl (C=O) groups excluding carboxylic acids is 2. The molecule has 2 unspecified atom stereocenters. The molecule has 0 amide bonds. The normalized spacial score (nSPS) is 14.2. The Hall–Kier alpha value is -0.990. The summed E-state index contributed by atoms with van der Waals surface area (Å²) >= 11 is 0. The zero-order valence-electron chi connectivity index (χ0n) is 17.5. The van der Waals surface area contributed by atoms with Crippen molar-refractivity contribution in [2.45, 2.75) is 67.0 Å². The number of carbonyl (C=O) groups is 2. The fraction of sp³-hybridized carbons (Fsp3) is 0.882. The quantitative estimate of drug-likeness (QED) is 0.446. The standard InChI is InChI=1S/C13H25NO6S.2C2H6/c1-9(7-8-19-21(6,17)18)13(20-11(3)16)12(10(2)15)14(4)5;2*1-2/h9,12-13H,7-8H2,1-6H3;2*1-2H3/t9-,12?,13?;;/m1../s1. The van der Waals surface area contributed by atoms with Gasteiger partial charge >= 0.3 is 5.97 Å². The SMILES string of the molecule is CC.CC.CC(=O)OC(C(C(C)=O)N(C)C)[C@H](C)CCOS(C)(=O)=O. The second-order valence-corrected chi connectivity index (χ2v) is 7.03. The average Bonchev–Trinajstić information content (AvgIpc) is 2.48. The van der Waals surface area contributed by atoms with Gasteiger partial charge in [0.05, 0.1) is 12.9 Å². The molecule has 7 nitrogen and oxygen atoms in total. The van der Waals surface area contributed by atoms with Crippen molar-refractivity contribution in [1.82, 2.24) is 4.90 Å². The summed E-state index contributed by atoms with van der Waals surface area (Å²) in [5, 5.41) is 0. The molecule has 0 aliphatic heterocycles. The maximum Gasteiger partial charge on any atom is 0.302 e. The Labute approximate surface area is 154 Å². The lowest BCUT2D eigenvalue weighted by atomic mass is 9.92. The van der Waals surface area contributed by atoms with E-state index in [4.69, 9.17) is 4.74 Å². The molecule has 0 heterocycles. The molecule has 25 heavy (non-hydrogen) atoms. The molecule has 0 N–H and O–H groups in total. The lowest BCUT2D eigenvalue weighted by Gasteiger charge is -2.33. The fourth-order valence-electron chi connectivity index (χ4n) is 2.12. The van der Waals surface area contributed by atoms with E-state index in [0.29, 0.717) is 6.42 Å². The minimum absolute atomic E-state index is 0.0180. The molecule has 0 aromatic carbocycles. The van der Waals surface area contributed by atoms with Crippen LogP contribution in [0.15, 0.2) is 0 Å². The molecule has 0 radical (unpaired) electrons. The molecule has 0 aromatic heterocycles. The number of hydrogen-bond donors (Lipinski definition) is 0. The van der Waals surface area contributed by atoms with Crippen LogP contribution in [0.3, 0.4) is 0 Å². The van der Waals surface area contributed by atoms with Crippen LogP contribution < -0.4 is 0 Å². The molecule has 0 rings (SSSR count). The minimum Gasteiger partial charge on any atom is -0.460 e. The Morgan fingerprint density at radius 2 is 1.48 bits per heavy atom. The van der Waals surface area contributed by atoms with E-state index in [0.717, 1.165) is 6.26 Å². The van der Waals surface area contributed by atoms with E-state index in [1.165, 1.54) is 13.8 Å². The van der Waals surface area contributed by atoms with Gasteiger partial charge in [-0.15, -0.1) is 0 Å². The van der Waals surface area contributed by atoms with E-state index in [2.05, 4.69) is 4.18 Å². The Kier molecular flexibility index (Phi) is 17.6. The van der Waals surface area contributed by atoms with E-state index in [1.54, 1.807) is 25.9 Å². The summed E-state index contributed by atoms with van der Waals surface area (Å²) in [5.74, 6) is -0.835. The highest BCUT2D eigenvalue weighted by Gasteiger charge is 2.34. The van der Waals surface area contributed by atoms with Gasteiger partial charge in [-0.2, -0.15) is 8.42 Å². The predicted octanol–water partition coefficient (Wildman–Crippen LogP) is 2.49. The third-order valence-corrected chi connectivity index (χ3v) is 3.61. The Morgan fingerprint density at radius 3 is 1.76 bits per heavy atom. The van der Waals surface area contributed by atoms with Crippen molar-refractivity contribution in [2.75, 3.05) is 27.0 Å². The van der Waals surface area contributed by atoms with Gasteiger partial charge in [-0.25, -0.2) is 0 Å². The Bertz CT molecular complexity index is 462. The second-order valence-electron chi connectivity index (χ2n) is 5.39. The van der Waals surface area contributed by atoms with E-state index >= 15 is 0 Å². The number of ether oxygens (including phenoxy) is 1.